The van der Waals surface area contributed by atoms with E-state index in [4.69, 9.17) is 17.7 Å². The summed E-state index contributed by atoms with van der Waals surface area (Å²) in [7, 11) is -6.11. The number of thiophene rings is 2. The van der Waals surface area contributed by atoms with E-state index in [1.807, 2.05) is 119 Å². The van der Waals surface area contributed by atoms with Crippen LogP contribution in [0.4, 0.5) is 0 Å². The molecule has 0 atom stereocenters. The van der Waals surface area contributed by atoms with Crippen molar-refractivity contribution in [1.29, 1.82) is 0 Å². The lowest BCUT2D eigenvalue weighted by molar-refractivity contribution is 0.495. The minimum absolute atomic E-state index is 0.444. The monoisotopic (exact) mass is 1180 g/mol. The van der Waals surface area contributed by atoms with Crippen LogP contribution in [0, 0.1) is 69.2 Å². The molecule has 0 saturated carbocycles. The predicted molar refractivity (Wildman–Crippen MR) is 350 cm³/mol. The van der Waals surface area contributed by atoms with Crippen molar-refractivity contribution < 1.29 is 34.5 Å². The van der Waals surface area contributed by atoms with Gasteiger partial charge in [-0.2, -0.15) is 0 Å². The molecule has 8 nitrogen and oxygen atoms in total. The van der Waals surface area contributed by atoms with E-state index in [-0.39, 0.29) is 0 Å². The van der Waals surface area contributed by atoms with Crippen molar-refractivity contribution in [3.05, 3.63) is 242 Å². The number of aryl methyl sites for hydroxylation is 10. The zero-order chi connectivity index (χ0) is 60.6. The maximum Gasteiger partial charge on any atom is 0.199 e. The molecular formula is C70H82O8S4. The van der Waals surface area contributed by atoms with E-state index in [2.05, 4.69) is 128 Å². The Morgan fingerprint density at radius 1 is 0.354 bits per heavy atom. The third-order valence-corrected chi connectivity index (χ3v) is 19.7. The van der Waals surface area contributed by atoms with Gasteiger partial charge in [-0.25, -0.2) is 16.8 Å². The molecule has 0 radical (unpaired) electrons. The Bertz CT molecular complexity index is 3830. The summed E-state index contributed by atoms with van der Waals surface area (Å²) >= 11 is 3.73. The Kier molecular flexibility index (Phi) is 24.0. The molecular weight excluding hydrogens is 1100 g/mol. The van der Waals surface area contributed by atoms with Crippen LogP contribution in [0.3, 0.4) is 0 Å². The summed E-state index contributed by atoms with van der Waals surface area (Å²) in [5.41, 5.74) is 6.81. The minimum Gasteiger partial charge on any atom is -0.467 e. The Labute approximate surface area is 495 Å². The topological polar surface area (TPSA) is 121 Å². The van der Waals surface area contributed by atoms with Crippen LogP contribution in [-0.2, 0) is 19.7 Å². The standard InChI is InChI=1S/C10H10O2S.C10H10O.C10H10S.C8H8O2.2C7H10.C6H8O2S.C6H8O.C6H8S/c1-7-9-5-3-4-6-10(9)8(2)13(7,11)12;2*1-7-9-5-3-4-6-10(9)8(2)11-7;1-5-7-3-4-9-8(7)6(2)10-5;2*1-6-3-4-7(2)5-6;1-5-3-4-6(2)9(5,7)8;2*1-5-3-4-6(2)7-5/h3-6H,1-2H3;2*3-6H,1-2H3;3-4H,1-2H3;2*3-4H,5H2,1-2H3;3-4H,1-2H3;2*3-4H,1-2H3. The normalized spacial score (nSPS) is 14.7. The highest BCUT2D eigenvalue weighted by atomic mass is 32.2. The average Bonchev–Trinajstić information content (AvgIpc) is 3.58. The lowest BCUT2D eigenvalue weighted by Gasteiger charge is -1.95. The highest BCUT2D eigenvalue weighted by Gasteiger charge is 2.23. The molecule has 6 aromatic heterocycles. The lowest BCUT2D eigenvalue weighted by atomic mass is 10.1. The van der Waals surface area contributed by atoms with Gasteiger partial charge in [-0.15, -0.1) is 22.7 Å². The van der Waals surface area contributed by atoms with Crippen LogP contribution in [-0.4, -0.2) is 16.8 Å². The molecule has 8 heterocycles. The SMILES string of the molecule is CC1=CC=C(C)C1.CC1=CC=C(C)C1.CC1=CC=C(C)S1(=O)=O.CC1=c2ccccc2=C(C)S1(=O)=O.Cc1ccc(C)o1.Cc1ccc(C)s1.Cc1oc(C)c2ccccc12.Cc1oc(C)c2occc12.Cc1sc(C)c2ccccc12. The molecule has 0 bridgehead atoms. The Hall–Kier alpha value is -6.96. The van der Waals surface area contributed by atoms with Gasteiger partial charge in [0.25, 0.3) is 0 Å². The number of hydrogen-bond acceptors (Lipinski definition) is 10. The smallest absolute Gasteiger partial charge is 0.199 e. The number of benzene rings is 3. The predicted octanol–water partition coefficient (Wildman–Crippen LogP) is 19.6. The van der Waals surface area contributed by atoms with Crippen molar-refractivity contribution in [1.82, 2.24) is 0 Å². The summed E-state index contributed by atoms with van der Waals surface area (Å²) in [6.45, 7) is 35.5. The minimum atomic E-state index is -3.13. The van der Waals surface area contributed by atoms with Gasteiger partial charge in [-0.3, -0.25) is 0 Å². The third kappa shape index (κ3) is 18.0. The highest BCUT2D eigenvalue weighted by molar-refractivity contribution is 8.08. The van der Waals surface area contributed by atoms with Crippen molar-refractivity contribution >= 4 is 84.7 Å². The van der Waals surface area contributed by atoms with Crippen LogP contribution in [0.2, 0.25) is 0 Å². The first-order chi connectivity index (χ1) is 38.6. The molecule has 434 valence electrons. The molecule has 12 heteroatoms. The van der Waals surface area contributed by atoms with E-state index in [1.165, 1.54) is 76.2 Å². The molecule has 4 aliphatic rings. The summed E-state index contributed by atoms with van der Waals surface area (Å²) in [5.74, 6) is 5.78. The third-order valence-electron chi connectivity index (χ3n) is 13.7. The molecule has 0 N–H and O–H groups in total. The van der Waals surface area contributed by atoms with Gasteiger partial charge >= 0.3 is 0 Å². The van der Waals surface area contributed by atoms with E-state index in [9.17, 15) is 16.8 Å². The zero-order valence-corrected chi connectivity index (χ0v) is 54.4. The van der Waals surface area contributed by atoms with Crippen LogP contribution < -0.4 is 10.4 Å². The van der Waals surface area contributed by atoms with Crippen molar-refractivity contribution in [3.63, 3.8) is 0 Å². The quantitative estimate of drug-likeness (QED) is 0.147. The second kappa shape index (κ2) is 29.8. The van der Waals surface area contributed by atoms with Gasteiger partial charge < -0.3 is 17.7 Å². The fourth-order valence-electron chi connectivity index (χ4n) is 9.15. The van der Waals surface area contributed by atoms with Crippen molar-refractivity contribution in [2.24, 2.45) is 0 Å². The first-order valence-corrected chi connectivity index (χ1v) is 31.9. The van der Waals surface area contributed by atoms with E-state index < -0.39 is 19.7 Å². The zero-order valence-electron chi connectivity index (χ0n) is 51.2. The summed E-state index contributed by atoms with van der Waals surface area (Å²) < 4.78 is 66.3. The second-order valence-electron chi connectivity index (χ2n) is 20.8. The van der Waals surface area contributed by atoms with Crippen molar-refractivity contribution in [3.8, 4) is 0 Å². The maximum atomic E-state index is 11.7. The summed E-state index contributed by atoms with van der Waals surface area (Å²) in [6.07, 6.45) is 16.0. The van der Waals surface area contributed by atoms with E-state index in [0.29, 0.717) is 19.6 Å². The number of allylic oxidation sites excluding steroid dienone is 12. The van der Waals surface area contributed by atoms with Gasteiger partial charge in [0.1, 0.15) is 34.6 Å². The molecule has 0 amide bonds. The van der Waals surface area contributed by atoms with Crippen LogP contribution >= 0.6 is 22.7 Å². The van der Waals surface area contributed by atoms with Crippen LogP contribution in [0.1, 0.15) is 122 Å². The molecule has 0 spiro atoms. The highest BCUT2D eigenvalue weighted by Crippen LogP contribution is 2.30. The molecule has 0 unspecified atom stereocenters. The molecule has 2 aliphatic carbocycles. The molecule has 0 fully saturated rings. The Morgan fingerprint density at radius 3 is 1.02 bits per heavy atom. The second-order valence-corrected chi connectivity index (χ2v) is 28.3. The number of hydrogen-bond donors (Lipinski definition) is 0. The molecule has 13 rings (SSSR count). The number of furan rings is 4. The average molecular weight is 1180 g/mol. The van der Waals surface area contributed by atoms with Gasteiger partial charge in [0.2, 0.25) is 0 Å². The summed E-state index contributed by atoms with van der Waals surface area (Å²) in [5, 5.41) is 8.05. The van der Waals surface area contributed by atoms with Crippen molar-refractivity contribution in [2.45, 2.75) is 137 Å². The lowest BCUT2D eigenvalue weighted by Crippen LogP contribution is -2.22. The van der Waals surface area contributed by atoms with E-state index in [0.717, 1.165) is 56.0 Å². The fourth-order valence-corrected chi connectivity index (χ4v) is 13.4. The van der Waals surface area contributed by atoms with Gasteiger partial charge in [0, 0.05) is 40.1 Å². The van der Waals surface area contributed by atoms with Gasteiger partial charge in [-0.05, 0) is 201 Å². The summed E-state index contributed by atoms with van der Waals surface area (Å²) in [4.78, 5) is 7.49. The molecule has 9 aromatic rings. The van der Waals surface area contributed by atoms with Gasteiger partial charge in [-0.1, -0.05) is 119 Å². The van der Waals surface area contributed by atoms with Gasteiger partial charge in [0.15, 0.2) is 25.3 Å². The molecule has 3 aromatic carbocycles. The van der Waals surface area contributed by atoms with Crippen LogP contribution in [0.5, 0.6) is 0 Å². The first kappa shape index (κ1) is 65.8. The molecule has 0 saturated heterocycles. The number of sulfone groups is 2. The van der Waals surface area contributed by atoms with Crippen molar-refractivity contribution in [2.75, 3.05) is 0 Å². The first-order valence-electron chi connectivity index (χ1n) is 27.3. The van der Waals surface area contributed by atoms with Gasteiger partial charge in [0.05, 0.1) is 21.5 Å². The largest absolute Gasteiger partial charge is 0.467 e. The number of fused-ring (bicyclic) bond motifs is 4. The molecule has 82 heavy (non-hydrogen) atoms. The Morgan fingerprint density at radius 2 is 0.720 bits per heavy atom. The van der Waals surface area contributed by atoms with E-state index >= 15 is 0 Å². The maximum absolute atomic E-state index is 11.7. The fraction of sp³-hybridized carbons (Fsp3) is 0.286. The summed E-state index contributed by atoms with van der Waals surface area (Å²) in [6, 6.07) is 34.3. The van der Waals surface area contributed by atoms with Crippen LogP contribution in [0.25, 0.3) is 42.3 Å². The Balaban J connectivity index is 0.000000171. The number of rotatable bonds is 0. The molecule has 2 aliphatic heterocycles. The van der Waals surface area contributed by atoms with Crippen LogP contribution in [0.15, 0.2) is 196 Å². The van der Waals surface area contributed by atoms with E-state index in [1.54, 1.807) is 46.1 Å².